The summed E-state index contributed by atoms with van der Waals surface area (Å²) in [6.45, 7) is 5.97. The smallest absolute Gasteiger partial charge is 0.309 e. The van der Waals surface area contributed by atoms with E-state index < -0.39 is 11.4 Å². The van der Waals surface area contributed by atoms with Gasteiger partial charge in [0.05, 0.1) is 5.41 Å². The van der Waals surface area contributed by atoms with E-state index >= 15 is 0 Å². The molecular formula is C17H27NO2. The van der Waals surface area contributed by atoms with Gasteiger partial charge in [0, 0.05) is 17.8 Å². The zero-order valence-corrected chi connectivity index (χ0v) is 13.0. The van der Waals surface area contributed by atoms with E-state index in [0.717, 1.165) is 30.7 Å². The number of pyridine rings is 1. The number of hydrogen-bond acceptors (Lipinski definition) is 2. The van der Waals surface area contributed by atoms with Gasteiger partial charge in [-0.1, -0.05) is 45.1 Å². The summed E-state index contributed by atoms with van der Waals surface area (Å²) in [6.07, 6.45) is 6.99. The van der Waals surface area contributed by atoms with Crippen molar-refractivity contribution in [3.05, 3.63) is 29.6 Å². The van der Waals surface area contributed by atoms with Crippen LogP contribution < -0.4 is 0 Å². The summed E-state index contributed by atoms with van der Waals surface area (Å²) in [5.41, 5.74) is 1.12. The first-order chi connectivity index (χ1) is 9.48. The van der Waals surface area contributed by atoms with Crippen molar-refractivity contribution in [3.8, 4) is 0 Å². The number of carboxylic acids is 1. The van der Waals surface area contributed by atoms with E-state index in [4.69, 9.17) is 0 Å². The first kappa shape index (κ1) is 16.7. The van der Waals surface area contributed by atoms with Crippen LogP contribution in [0.25, 0.3) is 0 Å². The average molecular weight is 277 g/mol. The van der Waals surface area contributed by atoms with Crippen LogP contribution in [0.5, 0.6) is 0 Å². The number of carboxylic acid groups (broad SMARTS) is 1. The minimum atomic E-state index is -0.712. The molecule has 0 aromatic carbocycles. The summed E-state index contributed by atoms with van der Waals surface area (Å²) in [5, 5.41) is 9.54. The number of aryl methyl sites for hydroxylation is 1. The molecule has 0 radical (unpaired) electrons. The number of aliphatic carboxylic acids is 1. The summed E-state index contributed by atoms with van der Waals surface area (Å²) < 4.78 is 0. The van der Waals surface area contributed by atoms with Crippen LogP contribution in [0.2, 0.25) is 0 Å². The highest BCUT2D eigenvalue weighted by atomic mass is 16.4. The third-order valence-corrected chi connectivity index (χ3v) is 3.87. The van der Waals surface area contributed by atoms with Crippen molar-refractivity contribution in [2.75, 3.05) is 0 Å². The molecule has 3 heteroatoms. The van der Waals surface area contributed by atoms with Crippen LogP contribution in [0.1, 0.15) is 63.8 Å². The predicted molar refractivity (Wildman–Crippen MR) is 81.8 cm³/mol. The second-order valence-corrected chi connectivity index (χ2v) is 5.98. The third-order valence-electron chi connectivity index (χ3n) is 3.87. The molecule has 1 aromatic rings. The number of rotatable bonds is 9. The van der Waals surface area contributed by atoms with Crippen LogP contribution in [-0.4, -0.2) is 16.1 Å². The van der Waals surface area contributed by atoms with Gasteiger partial charge in [-0.15, -0.1) is 0 Å². The molecule has 1 N–H and O–H groups in total. The summed E-state index contributed by atoms with van der Waals surface area (Å²) in [4.78, 5) is 16.0. The maximum Gasteiger partial charge on any atom is 0.309 e. The van der Waals surface area contributed by atoms with Crippen LogP contribution in [0.15, 0.2) is 18.2 Å². The minimum absolute atomic E-state index is 0.512. The monoisotopic (exact) mass is 277 g/mol. The first-order valence-electron chi connectivity index (χ1n) is 7.64. The van der Waals surface area contributed by atoms with Gasteiger partial charge < -0.3 is 5.11 Å². The maximum atomic E-state index is 11.6. The molecule has 0 saturated carbocycles. The fourth-order valence-electron chi connectivity index (χ4n) is 2.49. The van der Waals surface area contributed by atoms with Crippen molar-refractivity contribution in [2.45, 2.75) is 65.7 Å². The van der Waals surface area contributed by atoms with E-state index in [9.17, 15) is 9.90 Å². The lowest BCUT2D eigenvalue weighted by molar-refractivity contribution is -0.148. The zero-order chi connectivity index (χ0) is 15.0. The Bertz CT molecular complexity index is 431. The Morgan fingerprint density at radius 3 is 2.55 bits per heavy atom. The van der Waals surface area contributed by atoms with E-state index in [-0.39, 0.29) is 0 Å². The molecule has 0 spiro atoms. The van der Waals surface area contributed by atoms with Crippen molar-refractivity contribution in [1.82, 2.24) is 4.98 Å². The highest BCUT2D eigenvalue weighted by Crippen LogP contribution is 2.29. The lowest BCUT2D eigenvalue weighted by Gasteiger charge is -2.24. The Morgan fingerprint density at radius 1 is 1.25 bits per heavy atom. The SMILES string of the molecule is CCCCCCCC(C)(Cc1cccc(C)n1)C(=O)O. The van der Waals surface area contributed by atoms with Crippen LogP contribution in [0.3, 0.4) is 0 Å². The van der Waals surface area contributed by atoms with Gasteiger partial charge in [0.2, 0.25) is 0 Å². The number of nitrogens with zero attached hydrogens (tertiary/aromatic N) is 1. The summed E-state index contributed by atoms with van der Waals surface area (Å²) in [6, 6.07) is 5.80. The molecule has 3 nitrogen and oxygen atoms in total. The first-order valence-corrected chi connectivity index (χ1v) is 7.64. The highest BCUT2D eigenvalue weighted by Gasteiger charge is 2.33. The topological polar surface area (TPSA) is 50.2 Å². The average Bonchev–Trinajstić information content (AvgIpc) is 2.38. The van der Waals surface area contributed by atoms with Crippen molar-refractivity contribution in [3.63, 3.8) is 0 Å². The van der Waals surface area contributed by atoms with Gasteiger partial charge in [0.15, 0.2) is 0 Å². The molecule has 1 aromatic heterocycles. The summed E-state index contributed by atoms with van der Waals surface area (Å²) >= 11 is 0. The fourth-order valence-corrected chi connectivity index (χ4v) is 2.49. The molecule has 1 atom stereocenters. The molecule has 0 aliphatic carbocycles. The molecule has 0 amide bonds. The summed E-state index contributed by atoms with van der Waals surface area (Å²) in [7, 11) is 0. The lowest BCUT2D eigenvalue weighted by atomic mass is 9.80. The van der Waals surface area contributed by atoms with E-state index in [2.05, 4.69) is 11.9 Å². The Kier molecular flexibility index (Phi) is 6.69. The van der Waals surface area contributed by atoms with Gasteiger partial charge in [-0.05, 0) is 32.4 Å². The minimum Gasteiger partial charge on any atom is -0.481 e. The predicted octanol–water partition coefficient (Wildman–Crippen LogP) is 4.38. The van der Waals surface area contributed by atoms with Gasteiger partial charge in [-0.25, -0.2) is 0 Å². The number of hydrogen-bond donors (Lipinski definition) is 1. The molecule has 1 heterocycles. The van der Waals surface area contributed by atoms with Crippen LogP contribution >= 0.6 is 0 Å². The Hall–Kier alpha value is -1.38. The fraction of sp³-hybridized carbons (Fsp3) is 0.647. The zero-order valence-electron chi connectivity index (χ0n) is 13.0. The van der Waals surface area contributed by atoms with Crippen molar-refractivity contribution in [2.24, 2.45) is 5.41 Å². The van der Waals surface area contributed by atoms with Gasteiger partial charge in [0.1, 0.15) is 0 Å². The molecule has 0 saturated heterocycles. The third kappa shape index (κ3) is 5.32. The van der Waals surface area contributed by atoms with Gasteiger partial charge in [0.25, 0.3) is 0 Å². The van der Waals surface area contributed by atoms with E-state index in [1.807, 2.05) is 32.0 Å². The molecule has 0 bridgehead atoms. The Labute approximate surface area is 122 Å². The van der Waals surface area contributed by atoms with Crippen LogP contribution in [-0.2, 0) is 11.2 Å². The quantitative estimate of drug-likeness (QED) is 0.681. The molecule has 112 valence electrons. The molecular weight excluding hydrogens is 250 g/mol. The number of aromatic nitrogens is 1. The van der Waals surface area contributed by atoms with Crippen molar-refractivity contribution >= 4 is 5.97 Å². The molecule has 0 aliphatic rings. The van der Waals surface area contributed by atoms with E-state index in [1.165, 1.54) is 19.3 Å². The molecule has 1 unspecified atom stereocenters. The highest BCUT2D eigenvalue weighted by molar-refractivity contribution is 5.74. The Morgan fingerprint density at radius 2 is 1.95 bits per heavy atom. The standard InChI is InChI=1S/C17H27NO2/c1-4-5-6-7-8-12-17(3,16(19)20)13-15-11-9-10-14(2)18-15/h9-11H,4-8,12-13H2,1-3H3,(H,19,20). The number of unbranched alkanes of at least 4 members (excludes halogenated alkanes) is 4. The molecule has 0 aliphatic heterocycles. The normalized spacial score (nSPS) is 13.9. The van der Waals surface area contributed by atoms with Gasteiger partial charge >= 0.3 is 5.97 Å². The van der Waals surface area contributed by atoms with Crippen molar-refractivity contribution in [1.29, 1.82) is 0 Å². The second kappa shape index (κ2) is 8.03. The second-order valence-electron chi connectivity index (χ2n) is 5.98. The van der Waals surface area contributed by atoms with Crippen LogP contribution in [0, 0.1) is 12.3 Å². The van der Waals surface area contributed by atoms with Gasteiger partial charge in [-0.3, -0.25) is 9.78 Å². The van der Waals surface area contributed by atoms with E-state index in [1.54, 1.807) is 0 Å². The summed E-state index contributed by atoms with van der Waals surface area (Å²) in [5.74, 6) is -0.712. The maximum absolute atomic E-state index is 11.6. The van der Waals surface area contributed by atoms with E-state index in [0.29, 0.717) is 6.42 Å². The Balaban J connectivity index is 2.60. The van der Waals surface area contributed by atoms with Crippen molar-refractivity contribution < 1.29 is 9.90 Å². The number of carbonyl (C=O) groups is 1. The molecule has 20 heavy (non-hydrogen) atoms. The lowest BCUT2D eigenvalue weighted by Crippen LogP contribution is -2.30. The molecule has 1 rings (SSSR count). The largest absolute Gasteiger partial charge is 0.481 e. The molecule has 0 fully saturated rings. The van der Waals surface area contributed by atoms with Gasteiger partial charge in [-0.2, -0.15) is 0 Å². The van der Waals surface area contributed by atoms with Crippen LogP contribution in [0.4, 0.5) is 0 Å².